The van der Waals surface area contributed by atoms with Crippen molar-refractivity contribution in [3.63, 3.8) is 0 Å². The van der Waals surface area contributed by atoms with Gasteiger partial charge >= 0.3 is 0 Å². The summed E-state index contributed by atoms with van der Waals surface area (Å²) in [6.07, 6.45) is 3.29. The summed E-state index contributed by atoms with van der Waals surface area (Å²) < 4.78 is 2.48. The minimum atomic E-state index is -0.0128. The van der Waals surface area contributed by atoms with Gasteiger partial charge in [-0.1, -0.05) is 61.2 Å². The third kappa shape index (κ3) is 4.67. The number of amides is 1. The highest BCUT2D eigenvalue weighted by Crippen LogP contribution is 2.32. The van der Waals surface area contributed by atoms with Crippen LogP contribution >= 0.6 is 23.1 Å². The Hall–Kier alpha value is -3.49. The maximum Gasteiger partial charge on any atom is 0.272 e. The number of rotatable bonds is 7. The molecule has 2 aromatic carbocycles. The molecule has 37 heavy (non-hydrogen) atoms. The van der Waals surface area contributed by atoms with Gasteiger partial charge in [-0.15, -0.1) is 11.3 Å². The van der Waals surface area contributed by atoms with E-state index in [0.29, 0.717) is 28.6 Å². The highest BCUT2D eigenvalue weighted by Gasteiger charge is 2.22. The Morgan fingerprint density at radius 2 is 1.84 bits per heavy atom. The van der Waals surface area contributed by atoms with Crippen LogP contribution in [0.25, 0.3) is 20.4 Å². The van der Waals surface area contributed by atoms with E-state index in [1.54, 1.807) is 18.0 Å². The topological polar surface area (TPSA) is 68.1 Å². The van der Waals surface area contributed by atoms with Crippen LogP contribution in [-0.4, -0.2) is 27.0 Å². The normalized spacial score (nSPS) is 14.6. The van der Waals surface area contributed by atoms with E-state index < -0.39 is 0 Å². The molecule has 0 spiro atoms. The summed E-state index contributed by atoms with van der Waals surface area (Å²) >= 11 is 2.99. The van der Waals surface area contributed by atoms with Crippen molar-refractivity contribution >= 4 is 55.1 Å². The molecule has 0 aliphatic carbocycles. The zero-order chi connectivity index (χ0) is 25.4. The zero-order valence-corrected chi connectivity index (χ0v) is 22.1. The average Bonchev–Trinajstić information content (AvgIpc) is 3.53. The second kappa shape index (κ2) is 10.1. The van der Waals surface area contributed by atoms with Crippen molar-refractivity contribution in [2.45, 2.75) is 43.1 Å². The van der Waals surface area contributed by atoms with Gasteiger partial charge < -0.3 is 4.90 Å². The molecule has 1 amide bonds. The van der Waals surface area contributed by atoms with Crippen LogP contribution in [0.3, 0.4) is 0 Å². The quantitative estimate of drug-likeness (QED) is 0.186. The second-order valence-electron chi connectivity index (χ2n) is 9.36. The van der Waals surface area contributed by atoms with Gasteiger partial charge in [-0.25, -0.2) is 9.97 Å². The average molecular weight is 527 g/mol. The first-order valence-corrected chi connectivity index (χ1v) is 14.2. The van der Waals surface area contributed by atoms with E-state index in [1.165, 1.54) is 16.9 Å². The maximum absolute atomic E-state index is 13.8. The number of carbonyl (C=O) groups excluding carboxylic acids is 1. The minimum Gasteiger partial charge on any atom is -0.312 e. The van der Waals surface area contributed by atoms with Crippen molar-refractivity contribution in [3.05, 3.63) is 94.4 Å². The molecule has 3 aromatic heterocycles. The number of pyridine rings is 1. The molecule has 6 rings (SSSR count). The molecular formula is C29H26N4O2S2. The van der Waals surface area contributed by atoms with Crippen molar-refractivity contribution in [1.29, 1.82) is 0 Å². The number of nitrogens with zero attached hydrogens (tertiary/aromatic N) is 4. The van der Waals surface area contributed by atoms with Crippen LogP contribution in [-0.2, 0) is 17.1 Å². The van der Waals surface area contributed by atoms with Crippen molar-refractivity contribution < 1.29 is 4.79 Å². The Balaban J connectivity index is 1.34. The lowest BCUT2D eigenvalue weighted by atomic mass is 10.0. The number of anilines is 1. The van der Waals surface area contributed by atoms with Gasteiger partial charge in [-0.05, 0) is 47.7 Å². The van der Waals surface area contributed by atoms with Crippen molar-refractivity contribution in [1.82, 2.24) is 14.5 Å². The summed E-state index contributed by atoms with van der Waals surface area (Å²) in [5, 5.41) is 1.63. The van der Waals surface area contributed by atoms with E-state index in [1.807, 2.05) is 51.9 Å². The molecule has 0 N–H and O–H groups in total. The number of hydrogen-bond donors (Lipinski definition) is 0. The monoisotopic (exact) mass is 526 g/mol. The molecule has 1 fully saturated rings. The Morgan fingerprint density at radius 1 is 1.03 bits per heavy atom. The van der Waals surface area contributed by atoms with Crippen LogP contribution in [0.5, 0.6) is 0 Å². The fourth-order valence-corrected chi connectivity index (χ4v) is 6.80. The summed E-state index contributed by atoms with van der Waals surface area (Å²) in [4.78, 5) is 38.0. The lowest BCUT2D eigenvalue weighted by Gasteiger charge is -2.18. The number of thioether (sulfide) groups is 1. The van der Waals surface area contributed by atoms with Crippen LogP contribution in [0.2, 0.25) is 0 Å². The molecule has 8 heteroatoms. The van der Waals surface area contributed by atoms with Gasteiger partial charge in [-0.3, -0.25) is 14.2 Å². The molecule has 5 aromatic rings. The van der Waals surface area contributed by atoms with Gasteiger partial charge in [0, 0.05) is 42.5 Å². The molecule has 1 unspecified atom stereocenters. The van der Waals surface area contributed by atoms with E-state index >= 15 is 0 Å². The Morgan fingerprint density at radius 3 is 2.59 bits per heavy atom. The van der Waals surface area contributed by atoms with Gasteiger partial charge in [0.15, 0.2) is 5.16 Å². The van der Waals surface area contributed by atoms with Crippen LogP contribution < -0.4 is 10.5 Å². The first kappa shape index (κ1) is 23.9. The smallest absolute Gasteiger partial charge is 0.272 e. The first-order chi connectivity index (χ1) is 18.1. The third-order valence-electron chi connectivity index (χ3n) is 6.83. The second-order valence-corrected chi connectivity index (χ2v) is 11.3. The van der Waals surface area contributed by atoms with E-state index in [0.717, 1.165) is 39.9 Å². The molecule has 1 atom stereocenters. The minimum absolute atomic E-state index is 0.0128. The summed E-state index contributed by atoms with van der Waals surface area (Å²) in [7, 11) is 0. The number of fused-ring (bicyclic) bond motifs is 3. The summed E-state index contributed by atoms with van der Waals surface area (Å²) in [5.41, 5.74) is 3.97. The molecular weight excluding hydrogens is 500 g/mol. The third-order valence-corrected chi connectivity index (χ3v) is 8.97. The predicted octanol–water partition coefficient (Wildman–Crippen LogP) is 6.23. The van der Waals surface area contributed by atoms with Crippen LogP contribution in [0.15, 0.2) is 82.9 Å². The molecule has 0 saturated carbocycles. The molecule has 4 heterocycles. The van der Waals surface area contributed by atoms with Crippen LogP contribution in [0.4, 0.5) is 5.69 Å². The molecule has 0 bridgehead atoms. The molecule has 0 radical (unpaired) electrons. The van der Waals surface area contributed by atoms with Crippen LogP contribution in [0.1, 0.15) is 36.8 Å². The largest absolute Gasteiger partial charge is 0.312 e. The molecule has 1 aliphatic rings. The Bertz CT molecular complexity index is 1640. The van der Waals surface area contributed by atoms with Gasteiger partial charge in [0.2, 0.25) is 5.91 Å². The standard InChI is InChI=1S/C29H26N4O2S2/c1-19(21-7-3-2-4-8-21)17-33-28(35)26-25(23-9-5-15-30-27(23)37-26)31-29(33)36-18-20-11-13-22(14-12-20)32-16-6-10-24(32)34/h2-5,7-9,11-15,19H,6,10,16-18H2,1H3. The fourth-order valence-electron chi connectivity index (χ4n) is 4.81. The van der Waals surface area contributed by atoms with E-state index in [9.17, 15) is 9.59 Å². The highest BCUT2D eigenvalue weighted by molar-refractivity contribution is 7.98. The number of hydrogen-bond acceptors (Lipinski definition) is 6. The zero-order valence-electron chi connectivity index (χ0n) is 20.5. The molecule has 1 aliphatic heterocycles. The van der Waals surface area contributed by atoms with Crippen molar-refractivity contribution in [2.75, 3.05) is 11.4 Å². The highest BCUT2D eigenvalue weighted by atomic mass is 32.2. The number of aromatic nitrogens is 3. The lowest BCUT2D eigenvalue weighted by molar-refractivity contribution is -0.117. The van der Waals surface area contributed by atoms with Gasteiger partial charge in [0.25, 0.3) is 5.56 Å². The molecule has 1 saturated heterocycles. The number of carbonyl (C=O) groups is 1. The lowest BCUT2D eigenvalue weighted by Crippen LogP contribution is -2.25. The maximum atomic E-state index is 13.8. The van der Waals surface area contributed by atoms with Crippen LogP contribution in [0, 0.1) is 0 Å². The number of benzene rings is 2. The fraction of sp³-hybridized carbons (Fsp3) is 0.241. The number of thiophene rings is 1. The Labute approximate surface area is 223 Å². The van der Waals surface area contributed by atoms with E-state index in [4.69, 9.17) is 4.98 Å². The van der Waals surface area contributed by atoms with Gasteiger partial charge in [-0.2, -0.15) is 0 Å². The van der Waals surface area contributed by atoms with E-state index in [-0.39, 0.29) is 17.4 Å². The van der Waals surface area contributed by atoms with Crippen molar-refractivity contribution in [2.24, 2.45) is 0 Å². The van der Waals surface area contributed by atoms with Gasteiger partial charge in [0.05, 0.1) is 5.52 Å². The summed E-state index contributed by atoms with van der Waals surface area (Å²) in [6, 6.07) is 22.3. The predicted molar refractivity (Wildman–Crippen MR) is 152 cm³/mol. The van der Waals surface area contributed by atoms with Gasteiger partial charge in [0.1, 0.15) is 9.53 Å². The van der Waals surface area contributed by atoms with E-state index in [2.05, 4.69) is 36.2 Å². The molecule has 186 valence electrons. The summed E-state index contributed by atoms with van der Waals surface area (Å²) in [6.45, 7) is 3.48. The Kier molecular flexibility index (Phi) is 6.52. The SMILES string of the molecule is CC(Cn1c(SCc2ccc(N3CCCC3=O)cc2)nc2c(sc3ncccc32)c1=O)c1ccccc1. The first-order valence-electron chi connectivity index (χ1n) is 12.4. The summed E-state index contributed by atoms with van der Waals surface area (Å²) in [5.74, 6) is 1.02. The van der Waals surface area contributed by atoms with Crippen molar-refractivity contribution in [3.8, 4) is 0 Å². The molecule has 6 nitrogen and oxygen atoms in total.